The third-order valence-corrected chi connectivity index (χ3v) is 4.74. The van der Waals surface area contributed by atoms with Gasteiger partial charge in [-0.15, -0.1) is 22.7 Å². The van der Waals surface area contributed by atoms with E-state index in [-0.39, 0.29) is 0 Å². The molecule has 0 radical (unpaired) electrons. The summed E-state index contributed by atoms with van der Waals surface area (Å²) in [4.78, 5) is 2.72. The van der Waals surface area contributed by atoms with Gasteiger partial charge in [-0.2, -0.15) is 0 Å². The standard InChI is InChI=1S/C15H15NOS2/c1-3-13(17-7-1)5-6-16-10-14-9-12(11-19-14)15-4-2-8-18-15/h1-4,7-9,11,16H,5-6,10H2. The van der Waals surface area contributed by atoms with E-state index in [1.165, 1.54) is 15.3 Å². The van der Waals surface area contributed by atoms with Crippen LogP contribution in [-0.2, 0) is 13.0 Å². The molecule has 0 amide bonds. The largest absolute Gasteiger partial charge is 0.469 e. The van der Waals surface area contributed by atoms with E-state index in [0.29, 0.717) is 0 Å². The number of hydrogen-bond acceptors (Lipinski definition) is 4. The Morgan fingerprint density at radius 2 is 2.16 bits per heavy atom. The third-order valence-electron chi connectivity index (χ3n) is 2.89. The maximum atomic E-state index is 5.30. The van der Waals surface area contributed by atoms with Gasteiger partial charge in [0, 0.05) is 34.8 Å². The van der Waals surface area contributed by atoms with E-state index < -0.39 is 0 Å². The van der Waals surface area contributed by atoms with Crippen LogP contribution < -0.4 is 5.32 Å². The van der Waals surface area contributed by atoms with Gasteiger partial charge in [0.25, 0.3) is 0 Å². The molecule has 0 aliphatic carbocycles. The maximum Gasteiger partial charge on any atom is 0.105 e. The predicted octanol–water partition coefficient (Wildman–Crippen LogP) is 4.40. The van der Waals surface area contributed by atoms with Crippen LogP contribution >= 0.6 is 22.7 Å². The van der Waals surface area contributed by atoms with E-state index >= 15 is 0 Å². The second kappa shape index (κ2) is 6.19. The fourth-order valence-corrected chi connectivity index (χ4v) is 3.57. The number of thiophene rings is 2. The Morgan fingerprint density at radius 3 is 2.95 bits per heavy atom. The summed E-state index contributed by atoms with van der Waals surface area (Å²) >= 11 is 3.61. The van der Waals surface area contributed by atoms with Gasteiger partial charge in [-0.25, -0.2) is 0 Å². The van der Waals surface area contributed by atoms with Crippen LogP contribution in [0, 0.1) is 0 Å². The molecule has 0 atom stereocenters. The van der Waals surface area contributed by atoms with Crippen LogP contribution in [0.15, 0.2) is 51.8 Å². The first kappa shape index (κ1) is 12.7. The molecule has 98 valence electrons. The average molecular weight is 289 g/mol. The van der Waals surface area contributed by atoms with E-state index in [9.17, 15) is 0 Å². The van der Waals surface area contributed by atoms with Gasteiger partial charge in [-0.1, -0.05) is 6.07 Å². The molecule has 3 aromatic rings. The summed E-state index contributed by atoms with van der Waals surface area (Å²) in [6.45, 7) is 1.87. The summed E-state index contributed by atoms with van der Waals surface area (Å²) in [5.74, 6) is 1.04. The van der Waals surface area contributed by atoms with Gasteiger partial charge in [0.05, 0.1) is 6.26 Å². The van der Waals surface area contributed by atoms with Crippen LogP contribution in [0.2, 0.25) is 0 Å². The summed E-state index contributed by atoms with van der Waals surface area (Å²) in [7, 11) is 0. The van der Waals surface area contributed by atoms with Crippen LogP contribution in [0.5, 0.6) is 0 Å². The molecule has 3 aromatic heterocycles. The van der Waals surface area contributed by atoms with E-state index in [4.69, 9.17) is 4.42 Å². The highest BCUT2D eigenvalue weighted by atomic mass is 32.1. The fraction of sp³-hybridized carbons (Fsp3) is 0.200. The zero-order chi connectivity index (χ0) is 12.9. The second-order valence-electron chi connectivity index (χ2n) is 4.29. The molecular weight excluding hydrogens is 274 g/mol. The Hall–Kier alpha value is -1.36. The highest BCUT2D eigenvalue weighted by molar-refractivity contribution is 7.14. The predicted molar refractivity (Wildman–Crippen MR) is 81.8 cm³/mol. The van der Waals surface area contributed by atoms with Crippen LogP contribution in [0.25, 0.3) is 10.4 Å². The van der Waals surface area contributed by atoms with Crippen molar-refractivity contribution in [1.82, 2.24) is 5.32 Å². The quantitative estimate of drug-likeness (QED) is 0.680. The highest BCUT2D eigenvalue weighted by Gasteiger charge is 2.03. The Labute approximate surface area is 120 Å². The van der Waals surface area contributed by atoms with Crippen LogP contribution in [-0.4, -0.2) is 6.54 Å². The Kier molecular flexibility index (Phi) is 4.13. The lowest BCUT2D eigenvalue weighted by Crippen LogP contribution is -2.15. The van der Waals surface area contributed by atoms with Gasteiger partial charge in [-0.3, -0.25) is 0 Å². The first-order valence-corrected chi connectivity index (χ1v) is 8.02. The van der Waals surface area contributed by atoms with Crippen molar-refractivity contribution in [3.8, 4) is 10.4 Å². The molecule has 0 saturated heterocycles. The molecule has 19 heavy (non-hydrogen) atoms. The summed E-state index contributed by atoms with van der Waals surface area (Å²) in [6, 6.07) is 10.5. The minimum atomic E-state index is 0.927. The first-order chi connectivity index (χ1) is 9.42. The Bertz CT molecular complexity index is 596. The summed E-state index contributed by atoms with van der Waals surface area (Å²) in [5, 5.41) is 7.80. The van der Waals surface area contributed by atoms with Crippen molar-refractivity contribution in [1.29, 1.82) is 0 Å². The first-order valence-electron chi connectivity index (χ1n) is 6.26. The van der Waals surface area contributed by atoms with Crippen LogP contribution in [0.1, 0.15) is 10.6 Å². The number of rotatable bonds is 6. The Morgan fingerprint density at radius 1 is 1.16 bits per heavy atom. The molecule has 2 nitrogen and oxygen atoms in total. The summed E-state index contributed by atoms with van der Waals surface area (Å²) in [6.07, 6.45) is 2.66. The van der Waals surface area contributed by atoms with E-state index in [1.54, 1.807) is 17.6 Å². The van der Waals surface area contributed by atoms with E-state index in [0.717, 1.165) is 25.3 Å². The lowest BCUT2D eigenvalue weighted by Gasteiger charge is -2.00. The fourth-order valence-electron chi connectivity index (χ4n) is 1.92. The maximum absolute atomic E-state index is 5.30. The molecule has 0 bridgehead atoms. The Balaban J connectivity index is 1.48. The molecule has 0 fully saturated rings. The van der Waals surface area contributed by atoms with Crippen molar-refractivity contribution >= 4 is 22.7 Å². The van der Waals surface area contributed by atoms with Crippen molar-refractivity contribution in [2.24, 2.45) is 0 Å². The zero-order valence-corrected chi connectivity index (χ0v) is 12.1. The lowest BCUT2D eigenvalue weighted by molar-refractivity contribution is 0.499. The van der Waals surface area contributed by atoms with Crippen molar-refractivity contribution in [3.05, 3.63) is 58.0 Å². The molecular formula is C15H15NOS2. The lowest BCUT2D eigenvalue weighted by atomic mass is 10.2. The molecule has 0 aliphatic rings. The smallest absolute Gasteiger partial charge is 0.105 e. The molecule has 0 spiro atoms. The molecule has 0 unspecified atom stereocenters. The van der Waals surface area contributed by atoms with Gasteiger partial charge in [0.15, 0.2) is 0 Å². The SMILES string of the molecule is c1coc(CCNCc2cc(-c3cccs3)cs2)c1. The van der Waals surface area contributed by atoms with Gasteiger partial charge < -0.3 is 9.73 Å². The monoisotopic (exact) mass is 289 g/mol. The molecule has 0 saturated carbocycles. The molecule has 4 heteroatoms. The second-order valence-corrected chi connectivity index (χ2v) is 6.23. The summed E-state index contributed by atoms with van der Waals surface area (Å²) < 4.78 is 5.30. The molecule has 0 aromatic carbocycles. The van der Waals surface area contributed by atoms with Gasteiger partial charge in [0.1, 0.15) is 5.76 Å². The van der Waals surface area contributed by atoms with Gasteiger partial charge in [-0.05, 0) is 35.0 Å². The van der Waals surface area contributed by atoms with Crippen molar-refractivity contribution in [2.45, 2.75) is 13.0 Å². The zero-order valence-electron chi connectivity index (χ0n) is 10.5. The normalized spacial score (nSPS) is 10.9. The third kappa shape index (κ3) is 3.35. The average Bonchev–Trinajstić information content (AvgIpc) is 3.15. The number of hydrogen-bond donors (Lipinski definition) is 1. The van der Waals surface area contributed by atoms with Crippen molar-refractivity contribution in [3.63, 3.8) is 0 Å². The number of nitrogens with one attached hydrogen (secondary N) is 1. The van der Waals surface area contributed by atoms with Crippen LogP contribution in [0.4, 0.5) is 0 Å². The molecule has 0 aliphatic heterocycles. The van der Waals surface area contributed by atoms with Gasteiger partial charge in [0.2, 0.25) is 0 Å². The highest BCUT2D eigenvalue weighted by Crippen LogP contribution is 2.29. The topological polar surface area (TPSA) is 25.2 Å². The molecule has 3 rings (SSSR count). The summed E-state index contributed by atoms with van der Waals surface area (Å²) in [5.41, 5.74) is 1.34. The van der Waals surface area contributed by atoms with Crippen molar-refractivity contribution in [2.75, 3.05) is 6.54 Å². The number of furan rings is 1. The molecule has 3 heterocycles. The van der Waals surface area contributed by atoms with Gasteiger partial charge >= 0.3 is 0 Å². The van der Waals surface area contributed by atoms with Crippen molar-refractivity contribution < 1.29 is 4.42 Å². The van der Waals surface area contributed by atoms with E-state index in [1.807, 2.05) is 23.5 Å². The van der Waals surface area contributed by atoms with E-state index in [2.05, 4.69) is 34.3 Å². The minimum Gasteiger partial charge on any atom is -0.469 e. The molecule has 1 N–H and O–H groups in total. The minimum absolute atomic E-state index is 0.927. The van der Waals surface area contributed by atoms with Crippen LogP contribution in [0.3, 0.4) is 0 Å².